The molecule has 0 aliphatic carbocycles. The Bertz CT molecular complexity index is 785. The molecule has 0 spiro atoms. The first-order valence-electron chi connectivity index (χ1n) is 6.70. The van der Waals surface area contributed by atoms with E-state index in [1.807, 2.05) is 30.3 Å². The third kappa shape index (κ3) is 4.31. The molecule has 1 aromatic carbocycles. The zero-order chi connectivity index (χ0) is 16.8. The molecule has 1 aromatic heterocycles. The van der Waals surface area contributed by atoms with Crippen molar-refractivity contribution in [3.8, 4) is 17.2 Å². The van der Waals surface area contributed by atoms with E-state index in [0.29, 0.717) is 22.0 Å². The maximum absolute atomic E-state index is 11.3. The number of hydrogen-bond acceptors (Lipinski definition) is 5. The first-order valence-corrected chi connectivity index (χ1v) is 7.69. The van der Waals surface area contributed by atoms with Gasteiger partial charge >= 0.3 is 0 Å². The summed E-state index contributed by atoms with van der Waals surface area (Å²) in [7, 11) is 0. The molecule has 0 saturated carbocycles. The number of nitrogens with two attached hydrogens (primary N) is 1. The summed E-state index contributed by atoms with van der Waals surface area (Å²) >= 11 is 1.07. The smallest absolute Gasteiger partial charge is 0.227 e. The van der Waals surface area contributed by atoms with Crippen LogP contribution >= 0.6 is 11.8 Å². The summed E-state index contributed by atoms with van der Waals surface area (Å²) in [6, 6.07) is 13.1. The third-order valence-electron chi connectivity index (χ3n) is 2.84. The second-order valence-electron chi connectivity index (χ2n) is 4.65. The van der Waals surface area contributed by atoms with Gasteiger partial charge in [-0.05, 0) is 11.6 Å². The lowest BCUT2D eigenvalue weighted by atomic mass is 10.0. The number of nitriles is 1. The lowest BCUT2D eigenvalue weighted by Crippen LogP contribution is -2.14. The molecule has 0 saturated heterocycles. The number of nitrogens with one attached hydrogen (secondary N) is 1. The molecule has 0 aliphatic rings. The molecule has 3 N–H and O–H groups in total. The standard InChI is InChI=1S/C16H14N4O2S/c1-10(21)19-15-7-12(11-5-3-2-4-6-11)13(8-17)16(20-15)23-9-14(18)22/h2-7H,9H2,1H3,(H2,18,22)(H,19,20,21). The topological polar surface area (TPSA) is 109 Å². The van der Waals surface area contributed by atoms with Crippen LogP contribution < -0.4 is 11.1 Å². The summed E-state index contributed by atoms with van der Waals surface area (Å²) in [5.41, 5.74) is 6.96. The number of thioether (sulfide) groups is 1. The number of rotatable bonds is 5. The Kier molecular flexibility index (Phi) is 5.33. The van der Waals surface area contributed by atoms with Crippen LogP contribution in [0.25, 0.3) is 11.1 Å². The second kappa shape index (κ2) is 7.42. The van der Waals surface area contributed by atoms with Crippen LogP contribution in [-0.2, 0) is 9.59 Å². The van der Waals surface area contributed by atoms with E-state index in [2.05, 4.69) is 16.4 Å². The zero-order valence-electron chi connectivity index (χ0n) is 12.4. The number of aromatic nitrogens is 1. The van der Waals surface area contributed by atoms with Crippen LogP contribution in [0, 0.1) is 11.3 Å². The van der Waals surface area contributed by atoms with E-state index in [1.165, 1.54) is 6.92 Å². The van der Waals surface area contributed by atoms with Crippen molar-refractivity contribution in [2.24, 2.45) is 5.73 Å². The molecule has 0 aliphatic heterocycles. The van der Waals surface area contributed by atoms with Crippen LogP contribution in [0.2, 0.25) is 0 Å². The SMILES string of the molecule is CC(=O)Nc1cc(-c2ccccc2)c(C#N)c(SCC(N)=O)n1. The number of amides is 2. The molecule has 0 radical (unpaired) electrons. The molecular weight excluding hydrogens is 312 g/mol. The Morgan fingerprint density at radius 1 is 1.35 bits per heavy atom. The molecule has 0 atom stereocenters. The molecule has 6 nitrogen and oxygen atoms in total. The number of anilines is 1. The number of hydrogen-bond donors (Lipinski definition) is 2. The number of nitrogens with zero attached hydrogens (tertiary/aromatic N) is 2. The highest BCUT2D eigenvalue weighted by Gasteiger charge is 2.16. The largest absolute Gasteiger partial charge is 0.369 e. The fraction of sp³-hybridized carbons (Fsp3) is 0.125. The molecule has 116 valence electrons. The van der Waals surface area contributed by atoms with Crippen molar-refractivity contribution in [1.29, 1.82) is 5.26 Å². The first kappa shape index (κ1) is 16.5. The quantitative estimate of drug-likeness (QED) is 0.818. The van der Waals surface area contributed by atoms with Crippen molar-refractivity contribution < 1.29 is 9.59 Å². The van der Waals surface area contributed by atoms with Gasteiger partial charge in [0.05, 0.1) is 11.3 Å². The van der Waals surface area contributed by atoms with Gasteiger partial charge in [0.1, 0.15) is 16.9 Å². The molecule has 0 bridgehead atoms. The number of primary amides is 1. The first-order chi connectivity index (χ1) is 11.0. The minimum Gasteiger partial charge on any atom is -0.369 e. The van der Waals surface area contributed by atoms with E-state index in [9.17, 15) is 14.9 Å². The molecule has 2 rings (SSSR count). The second-order valence-corrected chi connectivity index (χ2v) is 5.61. The van der Waals surface area contributed by atoms with Crippen LogP contribution in [0.4, 0.5) is 5.82 Å². The summed E-state index contributed by atoms with van der Waals surface area (Å²) < 4.78 is 0. The number of benzene rings is 1. The van der Waals surface area contributed by atoms with Crippen LogP contribution in [-0.4, -0.2) is 22.6 Å². The normalized spacial score (nSPS) is 9.91. The molecular formula is C16H14N4O2S. The lowest BCUT2D eigenvalue weighted by molar-refractivity contribution is -0.116. The van der Waals surface area contributed by atoms with Gasteiger partial charge < -0.3 is 11.1 Å². The maximum atomic E-state index is 11.3. The number of carbonyl (C=O) groups is 2. The van der Waals surface area contributed by atoms with Gasteiger partial charge in [-0.25, -0.2) is 4.98 Å². The van der Waals surface area contributed by atoms with Crippen molar-refractivity contribution in [3.05, 3.63) is 42.0 Å². The minimum absolute atomic E-state index is 0.000561. The molecule has 2 amide bonds. The predicted molar refractivity (Wildman–Crippen MR) is 88.6 cm³/mol. The van der Waals surface area contributed by atoms with Gasteiger partial charge in [0.2, 0.25) is 11.8 Å². The third-order valence-corrected chi connectivity index (χ3v) is 3.84. The van der Waals surface area contributed by atoms with E-state index >= 15 is 0 Å². The Morgan fingerprint density at radius 3 is 2.61 bits per heavy atom. The average molecular weight is 326 g/mol. The molecule has 1 heterocycles. The van der Waals surface area contributed by atoms with E-state index in [4.69, 9.17) is 5.73 Å². The van der Waals surface area contributed by atoms with Crippen LogP contribution in [0.5, 0.6) is 0 Å². The van der Waals surface area contributed by atoms with Crippen LogP contribution in [0.3, 0.4) is 0 Å². The Morgan fingerprint density at radius 2 is 2.04 bits per heavy atom. The van der Waals surface area contributed by atoms with E-state index in [-0.39, 0.29) is 11.7 Å². The highest BCUT2D eigenvalue weighted by atomic mass is 32.2. The number of carbonyl (C=O) groups excluding carboxylic acids is 2. The summed E-state index contributed by atoms with van der Waals surface area (Å²) in [4.78, 5) is 26.5. The van der Waals surface area contributed by atoms with Gasteiger partial charge in [0, 0.05) is 12.5 Å². The lowest BCUT2D eigenvalue weighted by Gasteiger charge is -2.12. The van der Waals surface area contributed by atoms with Gasteiger partial charge in [0.15, 0.2) is 0 Å². The van der Waals surface area contributed by atoms with Crippen molar-refractivity contribution in [1.82, 2.24) is 4.98 Å². The number of pyridine rings is 1. The zero-order valence-corrected chi connectivity index (χ0v) is 13.2. The summed E-state index contributed by atoms with van der Waals surface area (Å²) in [6.07, 6.45) is 0. The summed E-state index contributed by atoms with van der Waals surface area (Å²) in [5.74, 6) is -0.458. The highest BCUT2D eigenvalue weighted by Crippen LogP contribution is 2.32. The molecule has 0 fully saturated rings. The van der Waals surface area contributed by atoms with Crippen molar-refractivity contribution >= 4 is 29.4 Å². The highest BCUT2D eigenvalue weighted by molar-refractivity contribution is 8.00. The Hall–Kier alpha value is -2.85. The Labute approximate surface area is 137 Å². The summed E-state index contributed by atoms with van der Waals surface area (Å²) in [5, 5.41) is 12.5. The molecule has 7 heteroatoms. The molecule has 2 aromatic rings. The van der Waals surface area contributed by atoms with Crippen LogP contribution in [0.15, 0.2) is 41.4 Å². The predicted octanol–water partition coefficient (Wildman–Crippen LogP) is 2.16. The van der Waals surface area contributed by atoms with Gasteiger partial charge in [0.25, 0.3) is 0 Å². The van der Waals surface area contributed by atoms with Crippen molar-refractivity contribution in [2.75, 3.05) is 11.1 Å². The van der Waals surface area contributed by atoms with Crippen molar-refractivity contribution in [2.45, 2.75) is 11.9 Å². The molecule has 23 heavy (non-hydrogen) atoms. The van der Waals surface area contributed by atoms with Crippen molar-refractivity contribution in [3.63, 3.8) is 0 Å². The van der Waals surface area contributed by atoms with Crippen LogP contribution in [0.1, 0.15) is 12.5 Å². The maximum Gasteiger partial charge on any atom is 0.227 e. The van der Waals surface area contributed by atoms with Gasteiger partial charge in [-0.3, -0.25) is 9.59 Å². The van der Waals surface area contributed by atoms with E-state index in [1.54, 1.807) is 6.07 Å². The van der Waals surface area contributed by atoms with Gasteiger partial charge in [-0.15, -0.1) is 0 Å². The van der Waals surface area contributed by atoms with Gasteiger partial charge in [-0.1, -0.05) is 42.1 Å². The monoisotopic (exact) mass is 326 g/mol. The minimum atomic E-state index is -0.508. The van der Waals surface area contributed by atoms with Gasteiger partial charge in [-0.2, -0.15) is 5.26 Å². The van der Waals surface area contributed by atoms with E-state index in [0.717, 1.165) is 17.3 Å². The average Bonchev–Trinajstić information content (AvgIpc) is 2.52. The fourth-order valence-corrected chi connectivity index (χ4v) is 2.71. The summed E-state index contributed by atoms with van der Waals surface area (Å²) in [6.45, 7) is 1.37. The fourth-order valence-electron chi connectivity index (χ4n) is 1.96. The molecule has 0 unspecified atom stereocenters. The van der Waals surface area contributed by atoms with E-state index < -0.39 is 5.91 Å². The Balaban J connectivity index is 2.58.